The highest BCUT2D eigenvalue weighted by Gasteiger charge is 2.47. The number of carbonyl (C=O) groups excluding carboxylic acids is 5. The molecule has 2 aliphatic rings. The number of Topliss-reactive ketones (excluding diaryl/α,β-unsaturated/α-hetero) is 1. The van der Waals surface area contributed by atoms with Gasteiger partial charge in [0.1, 0.15) is 12.1 Å². The minimum atomic E-state index is -1.08. The largest absolute Gasteiger partial charge is 0.363 e. The van der Waals surface area contributed by atoms with Gasteiger partial charge in [-0.25, -0.2) is 4.79 Å². The number of hydrogen-bond donors (Lipinski definition) is 4. The minimum Gasteiger partial charge on any atom is -0.363 e. The molecule has 1 saturated carbocycles. The first kappa shape index (κ1) is 32.6. The molecular formula is C29H51N5O5. The number of nitrogens with two attached hydrogens (primary N) is 1. The van der Waals surface area contributed by atoms with Gasteiger partial charge in [0.2, 0.25) is 17.6 Å². The summed E-state index contributed by atoms with van der Waals surface area (Å²) in [6.45, 7) is 15.5. The Morgan fingerprint density at radius 1 is 0.949 bits per heavy atom. The fourth-order valence-corrected chi connectivity index (χ4v) is 5.51. The number of hydrogen-bond acceptors (Lipinski definition) is 5. The SMILES string of the molecule is CC(C)[C@H]1CCN(C(=O)[C@@H](NC(=O)NC(C)(C)C)C(C)(C)C)[C@@H]1C(=O)NC(CCCC1CCC1)C(=O)C(N)=O. The predicted molar refractivity (Wildman–Crippen MR) is 150 cm³/mol. The molecular weight excluding hydrogens is 498 g/mol. The van der Waals surface area contributed by atoms with Gasteiger partial charge in [-0.1, -0.05) is 66.7 Å². The van der Waals surface area contributed by atoms with Crippen molar-refractivity contribution in [3.63, 3.8) is 0 Å². The topological polar surface area (TPSA) is 151 Å². The van der Waals surface area contributed by atoms with Gasteiger partial charge >= 0.3 is 6.03 Å². The molecule has 1 unspecified atom stereocenters. The molecule has 10 heteroatoms. The summed E-state index contributed by atoms with van der Waals surface area (Å²) in [5.74, 6) is -2.12. The number of urea groups is 1. The number of primary amides is 1. The van der Waals surface area contributed by atoms with E-state index in [4.69, 9.17) is 5.73 Å². The van der Waals surface area contributed by atoms with Crippen LogP contribution in [-0.4, -0.2) is 64.6 Å². The Bertz CT molecular complexity index is 916. The number of nitrogens with one attached hydrogen (secondary N) is 3. The van der Waals surface area contributed by atoms with Gasteiger partial charge in [0, 0.05) is 12.1 Å². The summed E-state index contributed by atoms with van der Waals surface area (Å²) >= 11 is 0. The molecule has 0 aromatic rings. The van der Waals surface area contributed by atoms with E-state index >= 15 is 0 Å². The highest BCUT2D eigenvalue weighted by molar-refractivity contribution is 6.37. The summed E-state index contributed by atoms with van der Waals surface area (Å²) in [5.41, 5.74) is 4.19. The maximum atomic E-state index is 14.0. The molecule has 0 aromatic heterocycles. The number of ketones is 1. The van der Waals surface area contributed by atoms with Crippen LogP contribution < -0.4 is 21.7 Å². The van der Waals surface area contributed by atoms with E-state index in [9.17, 15) is 24.0 Å². The smallest absolute Gasteiger partial charge is 0.315 e. The van der Waals surface area contributed by atoms with Crippen LogP contribution >= 0.6 is 0 Å². The van der Waals surface area contributed by atoms with Crippen LogP contribution in [0.1, 0.15) is 100 Å². The van der Waals surface area contributed by atoms with E-state index in [0.717, 1.165) is 6.42 Å². The van der Waals surface area contributed by atoms with Crippen molar-refractivity contribution in [2.45, 2.75) is 124 Å². The molecule has 0 spiro atoms. The molecule has 5 N–H and O–H groups in total. The number of likely N-dealkylation sites (tertiary alicyclic amines) is 1. The van der Waals surface area contributed by atoms with E-state index in [1.165, 1.54) is 24.2 Å². The third-order valence-electron chi connectivity index (χ3n) is 7.94. The zero-order valence-corrected chi connectivity index (χ0v) is 25.2. The lowest BCUT2D eigenvalue weighted by Gasteiger charge is -2.37. The average molecular weight is 550 g/mol. The molecule has 0 aromatic carbocycles. The third kappa shape index (κ3) is 9.21. The second kappa shape index (κ2) is 13.1. The Hall–Kier alpha value is -2.65. The summed E-state index contributed by atoms with van der Waals surface area (Å²) in [7, 11) is 0. The average Bonchev–Trinajstić information content (AvgIpc) is 3.21. The van der Waals surface area contributed by atoms with E-state index in [1.54, 1.807) is 0 Å². The van der Waals surface area contributed by atoms with Crippen molar-refractivity contribution in [3.8, 4) is 0 Å². The normalized spacial score (nSPS) is 21.6. The molecule has 10 nitrogen and oxygen atoms in total. The van der Waals surface area contributed by atoms with Crippen molar-refractivity contribution in [1.29, 1.82) is 0 Å². The highest BCUT2D eigenvalue weighted by atomic mass is 16.2. The Labute approximate surface area is 234 Å². The van der Waals surface area contributed by atoms with Crippen LogP contribution in [0.5, 0.6) is 0 Å². The number of nitrogens with zero attached hydrogens (tertiary/aromatic N) is 1. The molecule has 5 amide bonds. The van der Waals surface area contributed by atoms with Gasteiger partial charge in [-0.05, 0) is 56.8 Å². The number of rotatable bonds is 11. The van der Waals surface area contributed by atoms with E-state index in [1.807, 2.05) is 55.4 Å². The molecule has 2 rings (SSSR count). The molecule has 1 heterocycles. The fraction of sp³-hybridized carbons (Fsp3) is 0.828. The van der Waals surface area contributed by atoms with Crippen molar-refractivity contribution < 1.29 is 24.0 Å². The first-order valence-corrected chi connectivity index (χ1v) is 14.5. The van der Waals surface area contributed by atoms with Gasteiger partial charge in [0.05, 0.1) is 6.04 Å². The summed E-state index contributed by atoms with van der Waals surface area (Å²) in [6.07, 6.45) is 6.15. The summed E-state index contributed by atoms with van der Waals surface area (Å²) in [4.78, 5) is 66.4. The third-order valence-corrected chi connectivity index (χ3v) is 7.94. The van der Waals surface area contributed by atoms with Crippen LogP contribution in [0.4, 0.5) is 4.79 Å². The van der Waals surface area contributed by atoms with Crippen molar-refractivity contribution >= 4 is 29.5 Å². The van der Waals surface area contributed by atoms with E-state index in [-0.39, 0.29) is 17.7 Å². The minimum absolute atomic E-state index is 0.0905. The van der Waals surface area contributed by atoms with Gasteiger partial charge in [-0.3, -0.25) is 19.2 Å². The second-order valence-electron chi connectivity index (χ2n) is 13.8. The molecule has 4 atom stereocenters. The molecule has 0 radical (unpaired) electrons. The summed E-state index contributed by atoms with van der Waals surface area (Å²) < 4.78 is 0. The lowest BCUT2D eigenvalue weighted by Crippen LogP contribution is -2.61. The molecule has 2 fully saturated rings. The molecule has 1 aliphatic heterocycles. The maximum Gasteiger partial charge on any atom is 0.315 e. The first-order chi connectivity index (χ1) is 17.9. The maximum absolute atomic E-state index is 14.0. The van der Waals surface area contributed by atoms with Gasteiger partial charge in [0.25, 0.3) is 5.91 Å². The van der Waals surface area contributed by atoms with Crippen LogP contribution in [0.25, 0.3) is 0 Å². The lowest BCUT2D eigenvalue weighted by atomic mass is 9.81. The number of carbonyl (C=O) groups is 5. The summed E-state index contributed by atoms with van der Waals surface area (Å²) in [6, 6.07) is -3.19. The van der Waals surface area contributed by atoms with Gasteiger partial charge in [0.15, 0.2) is 0 Å². The summed E-state index contributed by atoms with van der Waals surface area (Å²) in [5, 5.41) is 8.45. The zero-order chi connectivity index (χ0) is 29.7. The van der Waals surface area contributed by atoms with E-state index in [2.05, 4.69) is 16.0 Å². The first-order valence-electron chi connectivity index (χ1n) is 14.5. The van der Waals surface area contributed by atoms with E-state index < -0.39 is 52.7 Å². The number of amides is 5. The van der Waals surface area contributed by atoms with Gasteiger partial charge in [-0.2, -0.15) is 0 Å². The standard InChI is InChI=1S/C29H51N5O5/c1-17(2)19-15-16-34(26(38)23(28(3,4)5)32-27(39)33-29(6,7)8)21(19)25(37)31-20(22(35)24(30)36)14-10-13-18-11-9-12-18/h17-21,23H,9-16H2,1-8H3,(H2,30,36)(H,31,37)(H2,32,33,39)/t19-,20?,21+,23-/m1/s1. The van der Waals surface area contributed by atoms with Crippen LogP contribution in [0.15, 0.2) is 0 Å². The Morgan fingerprint density at radius 3 is 2.03 bits per heavy atom. The Morgan fingerprint density at radius 2 is 1.56 bits per heavy atom. The highest BCUT2D eigenvalue weighted by Crippen LogP contribution is 2.34. The van der Waals surface area contributed by atoms with E-state index in [0.29, 0.717) is 31.7 Å². The predicted octanol–water partition coefficient (Wildman–Crippen LogP) is 2.88. The van der Waals surface area contributed by atoms with Crippen molar-refractivity contribution in [1.82, 2.24) is 20.9 Å². The Kier molecular flexibility index (Phi) is 11.0. The molecule has 39 heavy (non-hydrogen) atoms. The quantitative estimate of drug-likeness (QED) is 0.292. The van der Waals surface area contributed by atoms with Crippen molar-refractivity contribution in [3.05, 3.63) is 0 Å². The molecule has 1 aliphatic carbocycles. The fourth-order valence-electron chi connectivity index (χ4n) is 5.51. The van der Waals surface area contributed by atoms with Crippen LogP contribution in [-0.2, 0) is 19.2 Å². The van der Waals surface area contributed by atoms with Crippen molar-refractivity contribution in [2.24, 2.45) is 28.9 Å². The van der Waals surface area contributed by atoms with Crippen LogP contribution in [0.2, 0.25) is 0 Å². The lowest BCUT2D eigenvalue weighted by molar-refractivity contribution is -0.144. The van der Waals surface area contributed by atoms with Gasteiger partial charge in [-0.15, -0.1) is 0 Å². The molecule has 222 valence electrons. The molecule has 0 bridgehead atoms. The molecule has 1 saturated heterocycles. The van der Waals surface area contributed by atoms with Crippen LogP contribution in [0.3, 0.4) is 0 Å². The zero-order valence-electron chi connectivity index (χ0n) is 25.2. The van der Waals surface area contributed by atoms with Crippen molar-refractivity contribution in [2.75, 3.05) is 6.54 Å². The monoisotopic (exact) mass is 549 g/mol. The van der Waals surface area contributed by atoms with Gasteiger partial charge < -0.3 is 26.6 Å². The second-order valence-corrected chi connectivity index (χ2v) is 13.8. The Balaban J connectivity index is 2.27. The van der Waals surface area contributed by atoms with Crippen LogP contribution in [0, 0.1) is 23.2 Å².